The molecule has 2 N–H and O–H groups in total. The van der Waals surface area contributed by atoms with Gasteiger partial charge in [0.2, 0.25) is 0 Å². The minimum absolute atomic E-state index is 0.247. The predicted molar refractivity (Wildman–Crippen MR) is 92.6 cm³/mol. The van der Waals surface area contributed by atoms with Gasteiger partial charge in [0.25, 0.3) is 0 Å². The molecular weight excluding hydrogens is 319 g/mol. The van der Waals surface area contributed by atoms with Gasteiger partial charge in [-0.3, -0.25) is 4.90 Å². The van der Waals surface area contributed by atoms with Crippen molar-refractivity contribution < 1.29 is 18.2 Å². The molecule has 0 aliphatic heterocycles. The second-order valence-electron chi connectivity index (χ2n) is 4.98. The highest BCUT2D eigenvalue weighted by Gasteiger charge is 2.13. The number of nitrogen functional groups attached to an aromatic ring is 1. The van der Waals surface area contributed by atoms with Crippen molar-refractivity contribution in [2.45, 2.75) is 20.3 Å². The van der Waals surface area contributed by atoms with Crippen LogP contribution in [0.3, 0.4) is 0 Å². The second kappa shape index (κ2) is 11.1. The van der Waals surface area contributed by atoms with Gasteiger partial charge in [0.05, 0.1) is 12.2 Å². The number of hydrogen-bond acceptors (Lipinski definition) is 6. The number of carbonyl (C=O) groups excluding carboxylic acids is 1. The molecule has 1 rings (SSSR count). The van der Waals surface area contributed by atoms with E-state index in [4.69, 9.17) is 15.2 Å². The van der Waals surface area contributed by atoms with E-state index < -0.39 is 5.97 Å². The maximum Gasteiger partial charge on any atom is 0.340 e. The van der Waals surface area contributed by atoms with Gasteiger partial charge in [-0.2, -0.15) is 3.89 Å². The first-order valence-corrected chi connectivity index (χ1v) is 8.66. The Hall–Kier alpha value is -1.47. The highest BCUT2D eigenvalue weighted by atomic mass is 32.2. The number of esters is 1. The number of rotatable bonds is 11. The third-order valence-corrected chi connectivity index (χ3v) is 3.63. The molecule has 0 saturated carbocycles. The van der Waals surface area contributed by atoms with Crippen LogP contribution in [-0.2, 0) is 4.74 Å². The summed E-state index contributed by atoms with van der Waals surface area (Å²) in [4.78, 5) is 14.1. The molecule has 0 amide bonds. The Morgan fingerprint density at radius 3 is 2.70 bits per heavy atom. The van der Waals surface area contributed by atoms with E-state index in [-0.39, 0.29) is 6.61 Å². The number of halogens is 1. The molecule has 130 valence electrons. The molecule has 23 heavy (non-hydrogen) atoms. The van der Waals surface area contributed by atoms with Gasteiger partial charge in [-0.15, -0.1) is 0 Å². The number of carbonyl (C=O) groups is 1. The summed E-state index contributed by atoms with van der Waals surface area (Å²) in [6, 6.07) is 4.95. The average Bonchev–Trinajstić information content (AvgIpc) is 2.55. The average molecular weight is 344 g/mol. The topological polar surface area (TPSA) is 64.8 Å². The highest BCUT2D eigenvalue weighted by molar-refractivity contribution is 7.94. The van der Waals surface area contributed by atoms with Gasteiger partial charge >= 0.3 is 5.97 Å². The molecule has 0 aliphatic carbocycles. The Labute approximate surface area is 141 Å². The van der Waals surface area contributed by atoms with E-state index in [9.17, 15) is 8.68 Å². The van der Waals surface area contributed by atoms with Gasteiger partial charge in [-0.1, -0.05) is 13.8 Å². The Morgan fingerprint density at radius 1 is 1.30 bits per heavy atom. The molecule has 5 nitrogen and oxygen atoms in total. The van der Waals surface area contributed by atoms with Crippen LogP contribution in [0.4, 0.5) is 9.57 Å². The van der Waals surface area contributed by atoms with Gasteiger partial charge in [0, 0.05) is 42.7 Å². The Bertz CT molecular complexity index is 488. The van der Waals surface area contributed by atoms with Crippen LogP contribution in [0.1, 0.15) is 30.6 Å². The van der Waals surface area contributed by atoms with Gasteiger partial charge in [-0.25, -0.2) is 4.79 Å². The van der Waals surface area contributed by atoms with E-state index in [0.717, 1.165) is 13.0 Å². The molecule has 1 aromatic carbocycles. The molecule has 0 bridgehead atoms. The summed E-state index contributed by atoms with van der Waals surface area (Å²) >= 11 is 0.313. The summed E-state index contributed by atoms with van der Waals surface area (Å²) in [5, 5.41) is 0. The summed E-state index contributed by atoms with van der Waals surface area (Å²) < 4.78 is 22.8. The Balaban J connectivity index is 2.48. The lowest BCUT2D eigenvalue weighted by molar-refractivity contribution is 0.0468. The van der Waals surface area contributed by atoms with Crippen LogP contribution < -0.4 is 10.5 Å². The number of anilines is 1. The van der Waals surface area contributed by atoms with Gasteiger partial charge in [0.15, 0.2) is 0 Å². The number of ether oxygens (including phenoxy) is 2. The molecule has 0 radical (unpaired) electrons. The fourth-order valence-electron chi connectivity index (χ4n) is 1.97. The van der Waals surface area contributed by atoms with Crippen molar-refractivity contribution in [3.05, 3.63) is 23.8 Å². The fourth-order valence-corrected chi connectivity index (χ4v) is 2.30. The molecule has 0 unspecified atom stereocenters. The normalized spacial score (nSPS) is 10.8. The second-order valence-corrected chi connectivity index (χ2v) is 5.61. The Kier molecular flexibility index (Phi) is 9.47. The van der Waals surface area contributed by atoms with E-state index in [1.54, 1.807) is 18.2 Å². The van der Waals surface area contributed by atoms with Crippen molar-refractivity contribution >= 4 is 23.8 Å². The van der Waals surface area contributed by atoms with E-state index in [0.29, 0.717) is 54.6 Å². The van der Waals surface area contributed by atoms with Crippen molar-refractivity contribution in [1.29, 1.82) is 0 Å². The van der Waals surface area contributed by atoms with E-state index in [1.807, 2.05) is 18.7 Å². The molecule has 0 heterocycles. The van der Waals surface area contributed by atoms with Crippen LogP contribution in [0.5, 0.6) is 5.75 Å². The predicted octanol–water partition coefficient (Wildman–Crippen LogP) is 3.15. The van der Waals surface area contributed by atoms with E-state index >= 15 is 0 Å². The summed E-state index contributed by atoms with van der Waals surface area (Å²) in [7, 11) is 0. The lowest BCUT2D eigenvalue weighted by Crippen LogP contribution is -2.30. The van der Waals surface area contributed by atoms with E-state index in [2.05, 4.69) is 0 Å². The van der Waals surface area contributed by atoms with Gasteiger partial charge in [0.1, 0.15) is 12.4 Å². The lowest BCUT2D eigenvalue weighted by atomic mass is 10.2. The Morgan fingerprint density at radius 2 is 2.09 bits per heavy atom. The first kappa shape index (κ1) is 19.6. The molecule has 0 saturated heterocycles. The number of hydrogen-bond donors (Lipinski definition) is 1. The van der Waals surface area contributed by atoms with Crippen LogP contribution in [0, 0.1) is 0 Å². The van der Waals surface area contributed by atoms with Crippen LogP contribution in [0.2, 0.25) is 0 Å². The van der Waals surface area contributed by atoms with Crippen molar-refractivity contribution in [3.63, 3.8) is 0 Å². The molecular formula is C16H25FN2O3S. The van der Waals surface area contributed by atoms with E-state index in [1.165, 1.54) is 0 Å². The molecule has 0 aliphatic rings. The lowest BCUT2D eigenvalue weighted by Gasteiger charge is -2.19. The first-order chi connectivity index (χ1) is 11.1. The number of likely N-dealkylation sites (N-methyl/N-ethyl adjacent to an activating group) is 1. The summed E-state index contributed by atoms with van der Waals surface area (Å²) in [5.41, 5.74) is 6.55. The zero-order chi connectivity index (χ0) is 17.1. The third kappa shape index (κ3) is 7.09. The van der Waals surface area contributed by atoms with Crippen molar-refractivity contribution in [1.82, 2.24) is 4.90 Å². The van der Waals surface area contributed by atoms with Crippen molar-refractivity contribution in [3.8, 4) is 5.75 Å². The summed E-state index contributed by atoms with van der Waals surface area (Å²) in [6.07, 6.45) is 0.901. The van der Waals surface area contributed by atoms with Crippen molar-refractivity contribution in [2.24, 2.45) is 0 Å². The SMILES string of the molecule is CCCOc1ccc(C(=O)OCCN(CC)CCSF)c(N)c1. The molecule has 0 spiro atoms. The van der Waals surface area contributed by atoms with Crippen LogP contribution in [-0.4, -0.2) is 49.5 Å². The minimum atomic E-state index is -0.458. The largest absolute Gasteiger partial charge is 0.494 e. The van der Waals surface area contributed by atoms with Crippen LogP contribution in [0.15, 0.2) is 18.2 Å². The molecule has 0 aromatic heterocycles. The van der Waals surface area contributed by atoms with Gasteiger partial charge < -0.3 is 15.2 Å². The van der Waals surface area contributed by atoms with Crippen LogP contribution >= 0.6 is 12.1 Å². The van der Waals surface area contributed by atoms with Crippen LogP contribution in [0.25, 0.3) is 0 Å². The summed E-state index contributed by atoms with van der Waals surface area (Å²) in [6.45, 7) is 6.83. The van der Waals surface area contributed by atoms with Gasteiger partial charge in [-0.05, 0) is 25.1 Å². The fraction of sp³-hybridized carbons (Fsp3) is 0.562. The maximum atomic E-state index is 12.1. The standard InChI is InChI=1S/C16H25FN2O3S/c1-3-9-21-13-5-6-14(15(18)12-13)16(20)22-10-7-19(4-2)8-11-23-17/h5-6,12H,3-4,7-11,18H2,1-2H3. The third-order valence-electron chi connectivity index (χ3n) is 3.29. The minimum Gasteiger partial charge on any atom is -0.494 e. The monoisotopic (exact) mass is 344 g/mol. The number of nitrogens with zero attached hydrogens (tertiary/aromatic N) is 1. The molecule has 0 fully saturated rings. The number of benzene rings is 1. The molecule has 7 heteroatoms. The number of nitrogens with two attached hydrogens (primary N) is 1. The van der Waals surface area contributed by atoms with Crippen molar-refractivity contribution in [2.75, 3.05) is 44.3 Å². The molecule has 0 atom stereocenters. The highest BCUT2D eigenvalue weighted by Crippen LogP contribution is 2.21. The summed E-state index contributed by atoms with van der Waals surface area (Å²) in [5.74, 6) is 0.593. The maximum absolute atomic E-state index is 12.1. The zero-order valence-corrected chi connectivity index (χ0v) is 14.5. The first-order valence-electron chi connectivity index (χ1n) is 7.77. The zero-order valence-electron chi connectivity index (χ0n) is 13.7. The smallest absolute Gasteiger partial charge is 0.340 e. The molecule has 1 aromatic rings. The quantitative estimate of drug-likeness (QED) is 0.491.